The molecule has 1 rings (SSSR count). The standard InChI is InChI=1S/C13H24O3/c1-4-5-6-7-12-10-13(3,8-9-15-12)16-11(2)14/h12H,4-10H2,1-3H3. The zero-order valence-electron chi connectivity index (χ0n) is 10.8. The van der Waals surface area contributed by atoms with Crippen LogP contribution in [0.3, 0.4) is 0 Å². The summed E-state index contributed by atoms with van der Waals surface area (Å²) < 4.78 is 11.1. The summed E-state index contributed by atoms with van der Waals surface area (Å²) in [6.45, 7) is 6.40. The topological polar surface area (TPSA) is 35.5 Å². The lowest BCUT2D eigenvalue weighted by Gasteiger charge is -2.37. The highest BCUT2D eigenvalue weighted by Gasteiger charge is 2.35. The van der Waals surface area contributed by atoms with Crippen LogP contribution in [0.4, 0.5) is 0 Å². The molecule has 0 aromatic heterocycles. The first-order valence-corrected chi connectivity index (χ1v) is 6.37. The SMILES string of the molecule is CCCCCC1CC(C)(OC(C)=O)CCO1. The molecule has 0 amide bonds. The summed E-state index contributed by atoms with van der Waals surface area (Å²) >= 11 is 0. The van der Waals surface area contributed by atoms with Gasteiger partial charge in [-0.05, 0) is 13.3 Å². The van der Waals surface area contributed by atoms with Gasteiger partial charge in [0.2, 0.25) is 0 Å². The Morgan fingerprint density at radius 2 is 2.25 bits per heavy atom. The third-order valence-electron chi connectivity index (χ3n) is 3.16. The van der Waals surface area contributed by atoms with Crippen LogP contribution in [0.2, 0.25) is 0 Å². The summed E-state index contributed by atoms with van der Waals surface area (Å²) in [7, 11) is 0. The fourth-order valence-corrected chi connectivity index (χ4v) is 2.33. The number of hydrogen-bond donors (Lipinski definition) is 0. The molecule has 3 heteroatoms. The van der Waals surface area contributed by atoms with Crippen molar-refractivity contribution >= 4 is 5.97 Å². The van der Waals surface area contributed by atoms with E-state index in [2.05, 4.69) is 6.92 Å². The van der Waals surface area contributed by atoms with Gasteiger partial charge in [0, 0.05) is 19.8 Å². The summed E-state index contributed by atoms with van der Waals surface area (Å²) in [6, 6.07) is 0. The van der Waals surface area contributed by atoms with E-state index in [0.29, 0.717) is 6.61 Å². The van der Waals surface area contributed by atoms with Gasteiger partial charge in [0.15, 0.2) is 0 Å². The predicted molar refractivity (Wildman–Crippen MR) is 63.3 cm³/mol. The van der Waals surface area contributed by atoms with Gasteiger partial charge in [-0.1, -0.05) is 26.2 Å². The maximum absolute atomic E-state index is 11.0. The van der Waals surface area contributed by atoms with Crippen molar-refractivity contribution in [3.63, 3.8) is 0 Å². The zero-order chi connectivity index (χ0) is 12.0. The molecule has 94 valence electrons. The Hall–Kier alpha value is -0.570. The molecule has 1 aliphatic heterocycles. The Labute approximate surface area is 98.5 Å². The van der Waals surface area contributed by atoms with E-state index in [1.165, 1.54) is 26.2 Å². The van der Waals surface area contributed by atoms with E-state index in [1.807, 2.05) is 6.92 Å². The number of hydrogen-bond acceptors (Lipinski definition) is 3. The van der Waals surface area contributed by atoms with E-state index < -0.39 is 0 Å². The lowest BCUT2D eigenvalue weighted by Crippen LogP contribution is -2.41. The summed E-state index contributed by atoms with van der Waals surface area (Å²) in [6.07, 6.45) is 6.71. The second-order valence-electron chi connectivity index (χ2n) is 4.99. The molecule has 2 atom stereocenters. The maximum atomic E-state index is 11.0. The lowest BCUT2D eigenvalue weighted by atomic mass is 9.90. The normalized spacial score (nSPS) is 30.1. The lowest BCUT2D eigenvalue weighted by molar-refractivity contribution is -0.170. The van der Waals surface area contributed by atoms with Gasteiger partial charge < -0.3 is 9.47 Å². The van der Waals surface area contributed by atoms with E-state index in [4.69, 9.17) is 9.47 Å². The summed E-state index contributed by atoms with van der Waals surface area (Å²) in [4.78, 5) is 11.0. The number of ether oxygens (including phenoxy) is 2. The molecule has 1 heterocycles. The Kier molecular flexibility index (Phi) is 5.26. The fraction of sp³-hybridized carbons (Fsp3) is 0.923. The highest BCUT2D eigenvalue weighted by atomic mass is 16.6. The molecule has 0 aromatic carbocycles. The van der Waals surface area contributed by atoms with Crippen LogP contribution in [0.5, 0.6) is 0 Å². The fourth-order valence-electron chi connectivity index (χ4n) is 2.33. The van der Waals surface area contributed by atoms with Crippen molar-refractivity contribution in [2.75, 3.05) is 6.61 Å². The molecule has 0 radical (unpaired) electrons. The predicted octanol–water partition coefficient (Wildman–Crippen LogP) is 3.07. The molecule has 3 nitrogen and oxygen atoms in total. The van der Waals surface area contributed by atoms with Crippen molar-refractivity contribution < 1.29 is 14.3 Å². The molecule has 2 unspecified atom stereocenters. The van der Waals surface area contributed by atoms with E-state index in [-0.39, 0.29) is 17.7 Å². The second kappa shape index (κ2) is 6.24. The minimum absolute atomic E-state index is 0.184. The van der Waals surface area contributed by atoms with Crippen molar-refractivity contribution in [2.45, 2.75) is 71.0 Å². The number of unbranched alkanes of at least 4 members (excludes halogenated alkanes) is 2. The van der Waals surface area contributed by atoms with Crippen molar-refractivity contribution in [3.8, 4) is 0 Å². The molecular weight excluding hydrogens is 204 g/mol. The van der Waals surface area contributed by atoms with Gasteiger partial charge in [-0.25, -0.2) is 0 Å². The van der Waals surface area contributed by atoms with Gasteiger partial charge in [-0.3, -0.25) is 4.79 Å². The van der Waals surface area contributed by atoms with Crippen molar-refractivity contribution in [1.82, 2.24) is 0 Å². The smallest absolute Gasteiger partial charge is 0.303 e. The van der Waals surface area contributed by atoms with Crippen molar-refractivity contribution in [1.29, 1.82) is 0 Å². The van der Waals surface area contributed by atoms with E-state index in [0.717, 1.165) is 19.3 Å². The number of carbonyl (C=O) groups excluding carboxylic acids is 1. The molecule has 0 saturated carbocycles. The average molecular weight is 228 g/mol. The average Bonchev–Trinajstić information content (AvgIpc) is 2.16. The van der Waals surface area contributed by atoms with Crippen LogP contribution >= 0.6 is 0 Å². The maximum Gasteiger partial charge on any atom is 0.303 e. The van der Waals surface area contributed by atoms with Crippen molar-refractivity contribution in [3.05, 3.63) is 0 Å². The van der Waals surface area contributed by atoms with E-state index in [1.54, 1.807) is 0 Å². The molecule has 0 aromatic rings. The van der Waals surface area contributed by atoms with Gasteiger partial charge in [-0.2, -0.15) is 0 Å². The highest BCUT2D eigenvalue weighted by Crippen LogP contribution is 2.30. The quantitative estimate of drug-likeness (QED) is 0.536. The van der Waals surface area contributed by atoms with Crippen LogP contribution in [0.25, 0.3) is 0 Å². The van der Waals surface area contributed by atoms with E-state index >= 15 is 0 Å². The van der Waals surface area contributed by atoms with Crippen LogP contribution < -0.4 is 0 Å². The second-order valence-corrected chi connectivity index (χ2v) is 4.99. The van der Waals surface area contributed by atoms with Crippen LogP contribution in [0, 0.1) is 0 Å². The van der Waals surface area contributed by atoms with Crippen molar-refractivity contribution in [2.24, 2.45) is 0 Å². The summed E-state index contributed by atoms with van der Waals surface area (Å²) in [5.74, 6) is -0.184. The molecule has 0 N–H and O–H groups in total. The first kappa shape index (κ1) is 13.5. The Morgan fingerprint density at radius 3 is 2.88 bits per heavy atom. The molecule has 1 saturated heterocycles. The van der Waals surface area contributed by atoms with Crippen LogP contribution in [0.1, 0.15) is 59.3 Å². The number of carbonyl (C=O) groups is 1. The van der Waals surface area contributed by atoms with Gasteiger partial charge in [-0.15, -0.1) is 0 Å². The van der Waals surface area contributed by atoms with Gasteiger partial charge in [0.25, 0.3) is 0 Å². The molecule has 16 heavy (non-hydrogen) atoms. The van der Waals surface area contributed by atoms with Gasteiger partial charge in [0.1, 0.15) is 5.60 Å². The van der Waals surface area contributed by atoms with Gasteiger partial charge in [0.05, 0.1) is 12.7 Å². The van der Waals surface area contributed by atoms with Crippen LogP contribution in [-0.2, 0) is 14.3 Å². The zero-order valence-corrected chi connectivity index (χ0v) is 10.8. The third-order valence-corrected chi connectivity index (χ3v) is 3.16. The minimum atomic E-state index is -0.305. The Balaban J connectivity index is 2.36. The monoisotopic (exact) mass is 228 g/mol. The van der Waals surface area contributed by atoms with Gasteiger partial charge >= 0.3 is 5.97 Å². The summed E-state index contributed by atoms with van der Waals surface area (Å²) in [5, 5.41) is 0. The molecular formula is C13H24O3. The van der Waals surface area contributed by atoms with Crippen LogP contribution in [0.15, 0.2) is 0 Å². The first-order chi connectivity index (χ1) is 7.56. The first-order valence-electron chi connectivity index (χ1n) is 6.37. The van der Waals surface area contributed by atoms with Crippen LogP contribution in [-0.4, -0.2) is 24.3 Å². The number of rotatable bonds is 5. The number of esters is 1. The minimum Gasteiger partial charge on any atom is -0.459 e. The molecule has 1 aliphatic rings. The molecule has 0 aliphatic carbocycles. The largest absolute Gasteiger partial charge is 0.459 e. The molecule has 0 spiro atoms. The third kappa shape index (κ3) is 4.52. The molecule has 0 bridgehead atoms. The van der Waals surface area contributed by atoms with E-state index in [9.17, 15) is 4.79 Å². The Bertz CT molecular complexity index is 227. The summed E-state index contributed by atoms with van der Waals surface area (Å²) in [5.41, 5.74) is -0.305. The highest BCUT2D eigenvalue weighted by molar-refractivity contribution is 5.66. The Morgan fingerprint density at radius 1 is 1.50 bits per heavy atom. The molecule has 1 fully saturated rings.